The maximum atomic E-state index is 9.10. The monoisotopic (exact) mass is 209 g/mol. The highest BCUT2D eigenvalue weighted by Crippen LogP contribution is 2.16. The molecule has 0 aliphatic carbocycles. The highest BCUT2D eigenvalue weighted by Gasteiger charge is 1.98. The first-order chi connectivity index (χ1) is 7.08. The molecule has 0 heterocycles. The molecule has 0 radical (unpaired) electrons. The van der Waals surface area contributed by atoms with Gasteiger partial charge in [0.2, 0.25) is 0 Å². The molecule has 1 aromatic rings. The molecule has 2 N–H and O–H groups in total. The van der Waals surface area contributed by atoms with Crippen molar-refractivity contribution in [3.8, 4) is 5.75 Å². The van der Waals surface area contributed by atoms with Gasteiger partial charge < -0.3 is 15.2 Å². The molecule has 1 rings (SSSR count). The lowest BCUT2D eigenvalue weighted by atomic mass is 10.3. The number of anilines is 1. The molecule has 0 spiro atoms. The zero-order valence-corrected chi connectivity index (χ0v) is 9.53. The Bertz CT molecular complexity index is 280. The van der Waals surface area contributed by atoms with Crippen molar-refractivity contribution < 1.29 is 9.84 Å². The molecule has 84 valence electrons. The Balaban J connectivity index is 2.49. The standard InChI is InChI=1S/C12H19NO2/c1-9(2)15-12-6-4-11(5-7-12)13-8-10(3)14/h4-7,9-10,13-14H,8H2,1-3H3/t10-/m0/s1. The second kappa shape index (κ2) is 5.61. The van der Waals surface area contributed by atoms with Gasteiger partial charge in [-0.15, -0.1) is 0 Å². The van der Waals surface area contributed by atoms with E-state index < -0.39 is 0 Å². The Morgan fingerprint density at radius 1 is 1.20 bits per heavy atom. The summed E-state index contributed by atoms with van der Waals surface area (Å²) in [4.78, 5) is 0. The van der Waals surface area contributed by atoms with E-state index >= 15 is 0 Å². The van der Waals surface area contributed by atoms with Gasteiger partial charge in [0.15, 0.2) is 0 Å². The molecular formula is C12H19NO2. The zero-order valence-electron chi connectivity index (χ0n) is 9.53. The molecule has 1 aromatic carbocycles. The van der Waals surface area contributed by atoms with Gasteiger partial charge in [-0.3, -0.25) is 0 Å². The normalized spacial score (nSPS) is 12.6. The van der Waals surface area contributed by atoms with E-state index in [-0.39, 0.29) is 12.2 Å². The predicted octanol–water partition coefficient (Wildman–Crippen LogP) is 2.27. The number of rotatable bonds is 5. The van der Waals surface area contributed by atoms with E-state index in [1.54, 1.807) is 6.92 Å². The van der Waals surface area contributed by atoms with E-state index in [4.69, 9.17) is 9.84 Å². The van der Waals surface area contributed by atoms with E-state index in [0.717, 1.165) is 11.4 Å². The lowest BCUT2D eigenvalue weighted by Crippen LogP contribution is -2.15. The molecular weight excluding hydrogens is 190 g/mol. The number of hydrogen-bond acceptors (Lipinski definition) is 3. The van der Waals surface area contributed by atoms with E-state index in [1.807, 2.05) is 38.1 Å². The van der Waals surface area contributed by atoms with Crippen LogP contribution in [0.3, 0.4) is 0 Å². The average molecular weight is 209 g/mol. The van der Waals surface area contributed by atoms with Crippen LogP contribution in [0.2, 0.25) is 0 Å². The summed E-state index contributed by atoms with van der Waals surface area (Å²) >= 11 is 0. The molecule has 0 amide bonds. The van der Waals surface area contributed by atoms with E-state index in [2.05, 4.69) is 5.32 Å². The van der Waals surface area contributed by atoms with Gasteiger partial charge in [-0.25, -0.2) is 0 Å². The van der Waals surface area contributed by atoms with Crippen LogP contribution < -0.4 is 10.1 Å². The number of hydrogen-bond donors (Lipinski definition) is 2. The fourth-order valence-electron chi connectivity index (χ4n) is 1.19. The van der Waals surface area contributed by atoms with Crippen LogP contribution >= 0.6 is 0 Å². The van der Waals surface area contributed by atoms with Crippen LogP contribution in [0.25, 0.3) is 0 Å². The topological polar surface area (TPSA) is 41.5 Å². The highest BCUT2D eigenvalue weighted by atomic mass is 16.5. The van der Waals surface area contributed by atoms with Gasteiger partial charge in [0.05, 0.1) is 12.2 Å². The van der Waals surface area contributed by atoms with Crippen molar-refractivity contribution in [2.45, 2.75) is 33.0 Å². The van der Waals surface area contributed by atoms with Crippen LogP contribution in [0.1, 0.15) is 20.8 Å². The minimum Gasteiger partial charge on any atom is -0.491 e. The molecule has 0 aromatic heterocycles. The molecule has 0 bridgehead atoms. The lowest BCUT2D eigenvalue weighted by Gasteiger charge is -2.11. The molecule has 15 heavy (non-hydrogen) atoms. The summed E-state index contributed by atoms with van der Waals surface area (Å²) in [6.07, 6.45) is -0.141. The predicted molar refractivity (Wildman–Crippen MR) is 62.4 cm³/mol. The Kier molecular flexibility index (Phi) is 4.43. The molecule has 1 atom stereocenters. The number of aliphatic hydroxyl groups is 1. The molecule has 0 saturated carbocycles. The Morgan fingerprint density at radius 3 is 2.27 bits per heavy atom. The minimum atomic E-state index is -0.336. The summed E-state index contributed by atoms with van der Waals surface area (Å²) in [7, 11) is 0. The first kappa shape index (κ1) is 11.9. The summed E-state index contributed by atoms with van der Waals surface area (Å²) in [6.45, 7) is 6.31. The molecule has 0 unspecified atom stereocenters. The summed E-state index contributed by atoms with van der Waals surface area (Å²) < 4.78 is 5.52. The van der Waals surface area contributed by atoms with Gasteiger partial charge in [0.1, 0.15) is 5.75 Å². The van der Waals surface area contributed by atoms with E-state index in [0.29, 0.717) is 6.54 Å². The van der Waals surface area contributed by atoms with Crippen LogP contribution in [0.4, 0.5) is 5.69 Å². The summed E-state index contributed by atoms with van der Waals surface area (Å²) in [5.41, 5.74) is 0.993. The smallest absolute Gasteiger partial charge is 0.119 e. The summed E-state index contributed by atoms with van der Waals surface area (Å²) in [6, 6.07) is 7.73. The van der Waals surface area contributed by atoms with Crippen molar-refractivity contribution >= 4 is 5.69 Å². The van der Waals surface area contributed by atoms with Crippen LogP contribution in [0.5, 0.6) is 5.75 Å². The van der Waals surface area contributed by atoms with E-state index in [1.165, 1.54) is 0 Å². The van der Waals surface area contributed by atoms with Crippen molar-refractivity contribution in [3.05, 3.63) is 24.3 Å². The Hall–Kier alpha value is -1.22. The van der Waals surface area contributed by atoms with Gasteiger partial charge in [-0.05, 0) is 45.0 Å². The third-order valence-electron chi connectivity index (χ3n) is 1.83. The van der Waals surface area contributed by atoms with Crippen molar-refractivity contribution in [2.75, 3.05) is 11.9 Å². The van der Waals surface area contributed by atoms with Gasteiger partial charge in [0, 0.05) is 12.2 Å². The first-order valence-corrected chi connectivity index (χ1v) is 5.26. The molecule has 3 nitrogen and oxygen atoms in total. The molecule has 0 aliphatic heterocycles. The van der Waals surface area contributed by atoms with Crippen molar-refractivity contribution in [3.63, 3.8) is 0 Å². The lowest BCUT2D eigenvalue weighted by molar-refractivity contribution is 0.208. The molecule has 0 fully saturated rings. The van der Waals surface area contributed by atoms with Crippen molar-refractivity contribution in [1.82, 2.24) is 0 Å². The van der Waals surface area contributed by atoms with Crippen LogP contribution in [0.15, 0.2) is 24.3 Å². The third kappa shape index (κ3) is 4.70. The molecule has 0 aliphatic rings. The molecule has 3 heteroatoms. The second-order valence-corrected chi connectivity index (χ2v) is 3.92. The third-order valence-corrected chi connectivity index (χ3v) is 1.83. The van der Waals surface area contributed by atoms with Crippen molar-refractivity contribution in [2.24, 2.45) is 0 Å². The fraction of sp³-hybridized carbons (Fsp3) is 0.500. The van der Waals surface area contributed by atoms with Gasteiger partial charge in [-0.1, -0.05) is 0 Å². The SMILES string of the molecule is CC(C)Oc1ccc(NC[C@H](C)O)cc1. The van der Waals surface area contributed by atoms with Crippen LogP contribution in [0, 0.1) is 0 Å². The zero-order chi connectivity index (χ0) is 11.3. The number of ether oxygens (including phenoxy) is 1. The van der Waals surface area contributed by atoms with Gasteiger partial charge in [0.25, 0.3) is 0 Å². The molecule has 0 saturated heterocycles. The number of benzene rings is 1. The fourth-order valence-corrected chi connectivity index (χ4v) is 1.19. The minimum absolute atomic E-state index is 0.196. The van der Waals surface area contributed by atoms with E-state index in [9.17, 15) is 0 Å². The van der Waals surface area contributed by atoms with Crippen LogP contribution in [-0.2, 0) is 0 Å². The maximum Gasteiger partial charge on any atom is 0.119 e. The number of aliphatic hydroxyl groups excluding tert-OH is 1. The van der Waals surface area contributed by atoms with Gasteiger partial charge >= 0.3 is 0 Å². The van der Waals surface area contributed by atoms with Crippen LogP contribution in [-0.4, -0.2) is 23.9 Å². The maximum absolute atomic E-state index is 9.10. The number of nitrogens with one attached hydrogen (secondary N) is 1. The summed E-state index contributed by atoms with van der Waals surface area (Å²) in [5.74, 6) is 0.868. The Labute approximate surface area is 91.1 Å². The Morgan fingerprint density at radius 2 is 1.80 bits per heavy atom. The largest absolute Gasteiger partial charge is 0.491 e. The quantitative estimate of drug-likeness (QED) is 0.781. The highest BCUT2D eigenvalue weighted by molar-refractivity contribution is 5.46. The average Bonchev–Trinajstić information content (AvgIpc) is 2.16. The first-order valence-electron chi connectivity index (χ1n) is 5.26. The second-order valence-electron chi connectivity index (χ2n) is 3.92. The van der Waals surface area contributed by atoms with Gasteiger partial charge in [-0.2, -0.15) is 0 Å². The van der Waals surface area contributed by atoms with Crippen molar-refractivity contribution in [1.29, 1.82) is 0 Å². The summed E-state index contributed by atoms with van der Waals surface area (Å²) in [5, 5.41) is 12.2.